The zero-order chi connectivity index (χ0) is 15.0. The van der Waals surface area contributed by atoms with Gasteiger partial charge in [0.1, 0.15) is 4.90 Å². The van der Waals surface area contributed by atoms with Crippen LogP contribution in [0.25, 0.3) is 0 Å². The molecule has 0 unspecified atom stereocenters. The number of nitrogens with two attached hydrogens (primary N) is 1. The number of nitrogens with one attached hydrogen (secondary N) is 1. The Morgan fingerprint density at radius 2 is 1.95 bits per heavy atom. The summed E-state index contributed by atoms with van der Waals surface area (Å²) in [6.07, 6.45) is 4.41. The minimum Gasteiger partial charge on any atom is -0.398 e. The molecular formula is C15H24N2O2S. The fraction of sp³-hybridized carbons (Fsp3) is 0.600. The third kappa shape index (κ3) is 2.99. The number of aryl methyl sites for hydroxylation is 1. The van der Waals surface area contributed by atoms with Crippen molar-refractivity contribution < 1.29 is 8.42 Å². The molecule has 1 saturated carbocycles. The van der Waals surface area contributed by atoms with Gasteiger partial charge < -0.3 is 5.73 Å². The fourth-order valence-corrected chi connectivity index (χ4v) is 4.29. The molecule has 5 heteroatoms. The quantitative estimate of drug-likeness (QED) is 0.793. The first-order valence-corrected chi connectivity index (χ1v) is 8.65. The molecule has 1 fully saturated rings. The molecule has 2 rings (SSSR count). The molecule has 0 saturated heterocycles. The molecule has 3 N–H and O–H groups in total. The van der Waals surface area contributed by atoms with Crippen LogP contribution in [-0.4, -0.2) is 15.0 Å². The van der Waals surface area contributed by atoms with Crippen LogP contribution in [0.5, 0.6) is 0 Å². The van der Waals surface area contributed by atoms with Gasteiger partial charge in [0.05, 0.1) is 5.69 Å². The van der Waals surface area contributed by atoms with Crippen LogP contribution in [0.2, 0.25) is 0 Å². The Hall–Kier alpha value is -1.07. The minimum atomic E-state index is -3.53. The molecule has 0 radical (unpaired) electrons. The molecule has 112 valence electrons. The fourth-order valence-electron chi connectivity index (χ4n) is 2.71. The second-order valence-corrected chi connectivity index (χ2v) is 7.70. The second-order valence-electron chi connectivity index (χ2n) is 6.00. The molecule has 4 nitrogen and oxygen atoms in total. The monoisotopic (exact) mass is 296 g/mol. The Morgan fingerprint density at radius 3 is 2.50 bits per heavy atom. The van der Waals surface area contributed by atoms with Gasteiger partial charge in [-0.05, 0) is 55.7 Å². The van der Waals surface area contributed by atoms with Gasteiger partial charge in [-0.25, -0.2) is 13.1 Å². The van der Waals surface area contributed by atoms with Crippen LogP contribution in [0.15, 0.2) is 17.0 Å². The number of hydrogen-bond donors (Lipinski definition) is 2. The molecule has 20 heavy (non-hydrogen) atoms. The molecule has 0 spiro atoms. The van der Waals surface area contributed by atoms with E-state index < -0.39 is 10.0 Å². The molecule has 1 aliphatic rings. The average Bonchev–Trinajstić information content (AvgIpc) is 3.13. The highest BCUT2D eigenvalue weighted by Gasteiger charge is 2.42. The summed E-state index contributed by atoms with van der Waals surface area (Å²) in [7, 11) is -3.53. The lowest BCUT2D eigenvalue weighted by atomic mass is 10.0. The van der Waals surface area contributed by atoms with E-state index in [-0.39, 0.29) is 10.3 Å². The van der Waals surface area contributed by atoms with Gasteiger partial charge in [-0.15, -0.1) is 0 Å². The third-order valence-electron chi connectivity index (χ3n) is 4.35. The first-order chi connectivity index (χ1) is 9.31. The van der Waals surface area contributed by atoms with Crippen LogP contribution in [0.1, 0.15) is 43.7 Å². The lowest BCUT2D eigenvalue weighted by Gasteiger charge is -2.17. The van der Waals surface area contributed by atoms with Crippen molar-refractivity contribution in [1.82, 2.24) is 4.72 Å². The maximum Gasteiger partial charge on any atom is 0.242 e. The molecule has 0 amide bonds. The Balaban J connectivity index is 2.21. The van der Waals surface area contributed by atoms with Gasteiger partial charge in [0.25, 0.3) is 0 Å². The van der Waals surface area contributed by atoms with E-state index in [0.29, 0.717) is 12.2 Å². The summed E-state index contributed by atoms with van der Waals surface area (Å²) in [5, 5.41) is 0. The van der Waals surface area contributed by atoms with E-state index in [1.165, 1.54) is 0 Å². The van der Waals surface area contributed by atoms with Crippen molar-refractivity contribution in [2.45, 2.75) is 51.3 Å². The van der Waals surface area contributed by atoms with Crippen molar-refractivity contribution >= 4 is 15.7 Å². The van der Waals surface area contributed by atoms with Gasteiger partial charge in [-0.1, -0.05) is 19.4 Å². The summed E-state index contributed by atoms with van der Waals surface area (Å²) >= 11 is 0. The number of anilines is 1. The lowest BCUT2D eigenvalue weighted by molar-refractivity contribution is 0.449. The molecule has 0 aromatic heterocycles. The van der Waals surface area contributed by atoms with Gasteiger partial charge in [0, 0.05) is 6.54 Å². The van der Waals surface area contributed by atoms with E-state index in [2.05, 4.69) is 11.6 Å². The van der Waals surface area contributed by atoms with Crippen molar-refractivity contribution in [3.05, 3.63) is 23.3 Å². The predicted molar refractivity (Wildman–Crippen MR) is 82.1 cm³/mol. The average molecular weight is 296 g/mol. The second kappa shape index (κ2) is 5.37. The number of sulfonamides is 1. The highest BCUT2D eigenvalue weighted by atomic mass is 32.2. The van der Waals surface area contributed by atoms with Gasteiger partial charge in [0.15, 0.2) is 0 Å². The minimum absolute atomic E-state index is 0.189. The lowest BCUT2D eigenvalue weighted by Crippen LogP contribution is -2.31. The predicted octanol–water partition coefficient (Wildman–Crippen LogP) is 2.74. The Morgan fingerprint density at radius 1 is 1.30 bits per heavy atom. The van der Waals surface area contributed by atoms with E-state index in [9.17, 15) is 8.42 Å². The van der Waals surface area contributed by atoms with Crippen molar-refractivity contribution in [1.29, 1.82) is 0 Å². The number of rotatable bonds is 6. The largest absolute Gasteiger partial charge is 0.398 e. The van der Waals surface area contributed by atoms with Crippen molar-refractivity contribution in [3.8, 4) is 0 Å². The van der Waals surface area contributed by atoms with Crippen molar-refractivity contribution in [2.75, 3.05) is 12.3 Å². The molecule has 0 aliphatic heterocycles. The highest BCUT2D eigenvalue weighted by Crippen LogP contribution is 2.49. The molecule has 0 bridgehead atoms. The maximum atomic E-state index is 12.5. The van der Waals surface area contributed by atoms with E-state index in [1.807, 2.05) is 13.0 Å². The van der Waals surface area contributed by atoms with Gasteiger partial charge >= 0.3 is 0 Å². The smallest absolute Gasteiger partial charge is 0.242 e. The highest BCUT2D eigenvalue weighted by molar-refractivity contribution is 7.89. The number of hydrogen-bond acceptors (Lipinski definition) is 3. The van der Waals surface area contributed by atoms with Gasteiger partial charge in [-0.3, -0.25) is 0 Å². The zero-order valence-electron chi connectivity index (χ0n) is 12.5. The summed E-state index contributed by atoms with van der Waals surface area (Å²) in [6, 6.07) is 3.51. The van der Waals surface area contributed by atoms with Gasteiger partial charge in [-0.2, -0.15) is 0 Å². The zero-order valence-corrected chi connectivity index (χ0v) is 13.3. The van der Waals surface area contributed by atoms with E-state index in [4.69, 9.17) is 5.73 Å². The van der Waals surface area contributed by atoms with Crippen LogP contribution in [0.3, 0.4) is 0 Å². The normalized spacial score (nSPS) is 17.1. The van der Waals surface area contributed by atoms with Crippen LogP contribution >= 0.6 is 0 Å². The SMILES string of the molecule is CCCC1(CNS(=O)(=O)c2c(N)ccc(C)c2C)CC1. The number of nitrogen functional groups attached to an aromatic ring is 1. The van der Waals surface area contributed by atoms with E-state index >= 15 is 0 Å². The van der Waals surface area contributed by atoms with Crippen LogP contribution in [0, 0.1) is 19.3 Å². The summed E-state index contributed by atoms with van der Waals surface area (Å²) < 4.78 is 27.8. The Bertz CT molecular complexity index is 605. The van der Waals surface area contributed by atoms with Gasteiger partial charge in [0.2, 0.25) is 10.0 Å². The topological polar surface area (TPSA) is 72.2 Å². The van der Waals surface area contributed by atoms with E-state index in [1.54, 1.807) is 13.0 Å². The van der Waals surface area contributed by atoms with Crippen molar-refractivity contribution in [3.63, 3.8) is 0 Å². The number of benzene rings is 1. The molecule has 1 aliphatic carbocycles. The molecule has 1 aromatic rings. The summed E-state index contributed by atoms with van der Waals surface area (Å²) in [4.78, 5) is 0.241. The van der Waals surface area contributed by atoms with Crippen LogP contribution in [-0.2, 0) is 10.0 Å². The summed E-state index contributed by atoms with van der Waals surface area (Å²) in [5.41, 5.74) is 8.05. The molecule has 0 heterocycles. The van der Waals surface area contributed by atoms with Crippen LogP contribution in [0.4, 0.5) is 5.69 Å². The first-order valence-electron chi connectivity index (χ1n) is 7.17. The first kappa shape index (κ1) is 15.3. The molecule has 0 atom stereocenters. The standard InChI is InChI=1S/C15H24N2O2S/c1-4-7-15(8-9-15)10-17-20(18,19)14-12(3)11(2)5-6-13(14)16/h5-6,17H,4,7-10,16H2,1-3H3. The Labute approximate surface area is 121 Å². The maximum absolute atomic E-state index is 12.5. The van der Waals surface area contributed by atoms with Crippen molar-refractivity contribution in [2.24, 2.45) is 5.41 Å². The van der Waals surface area contributed by atoms with E-state index in [0.717, 1.165) is 36.8 Å². The van der Waals surface area contributed by atoms with Crippen LogP contribution < -0.4 is 10.5 Å². The molecular weight excluding hydrogens is 272 g/mol. The molecule has 1 aromatic carbocycles. The Kier molecular flexibility index (Phi) is 4.12. The third-order valence-corrected chi connectivity index (χ3v) is 5.95. The summed E-state index contributed by atoms with van der Waals surface area (Å²) in [6.45, 7) is 6.36. The summed E-state index contributed by atoms with van der Waals surface area (Å²) in [5.74, 6) is 0.